The molecule has 0 radical (unpaired) electrons. The summed E-state index contributed by atoms with van der Waals surface area (Å²) in [6.45, 7) is 2.74. The van der Waals surface area contributed by atoms with Gasteiger partial charge in [-0.05, 0) is 47.2 Å². The van der Waals surface area contributed by atoms with Crippen LogP contribution in [-0.2, 0) is 13.0 Å². The Kier molecular flexibility index (Phi) is 5.99. The third kappa shape index (κ3) is 4.27. The minimum atomic E-state index is 0.533. The van der Waals surface area contributed by atoms with E-state index in [0.29, 0.717) is 16.7 Å². The number of H-pyrrole nitrogens is 1. The maximum atomic E-state index is 6.18. The number of aromatic amines is 1. The van der Waals surface area contributed by atoms with Crippen molar-refractivity contribution in [2.75, 3.05) is 5.32 Å². The lowest BCUT2D eigenvalue weighted by molar-refractivity contribution is 0.760. The van der Waals surface area contributed by atoms with Crippen LogP contribution in [-0.4, -0.2) is 9.97 Å². The Morgan fingerprint density at radius 2 is 2.15 bits per heavy atom. The summed E-state index contributed by atoms with van der Waals surface area (Å²) in [4.78, 5) is 7.60. The zero-order valence-corrected chi connectivity index (χ0v) is 14.8. The lowest BCUT2D eigenvalue weighted by Crippen LogP contribution is -2.01. The highest BCUT2D eigenvalue weighted by Crippen LogP contribution is 2.25. The van der Waals surface area contributed by atoms with Gasteiger partial charge in [0.2, 0.25) is 0 Å². The van der Waals surface area contributed by atoms with Crippen molar-refractivity contribution in [3.63, 3.8) is 0 Å². The van der Waals surface area contributed by atoms with Crippen molar-refractivity contribution in [1.82, 2.24) is 9.97 Å². The van der Waals surface area contributed by atoms with Crippen LogP contribution in [0.1, 0.15) is 31.3 Å². The summed E-state index contributed by atoms with van der Waals surface area (Å²) in [6.07, 6.45) is 3.18. The molecule has 0 aliphatic heterocycles. The molecule has 0 bridgehead atoms. The van der Waals surface area contributed by atoms with E-state index in [1.165, 1.54) is 0 Å². The van der Waals surface area contributed by atoms with E-state index in [0.717, 1.165) is 40.0 Å². The van der Waals surface area contributed by atoms with Crippen LogP contribution in [0.3, 0.4) is 0 Å². The first-order chi connectivity index (χ1) is 9.60. The van der Waals surface area contributed by atoms with Gasteiger partial charge < -0.3 is 10.3 Å². The molecule has 108 valence electrons. The molecule has 0 saturated carbocycles. The lowest BCUT2D eigenvalue weighted by atomic mass is 10.2. The molecule has 2 N–H and O–H groups in total. The zero-order chi connectivity index (χ0) is 14.5. The van der Waals surface area contributed by atoms with Gasteiger partial charge >= 0.3 is 0 Å². The molecule has 0 atom stereocenters. The molecule has 0 saturated heterocycles. The largest absolute Gasteiger partial charge is 0.378 e. The molecular weight excluding hydrogens is 408 g/mol. The average Bonchev–Trinajstić information content (AvgIpc) is 2.76. The highest BCUT2D eigenvalue weighted by molar-refractivity contribution is 14.1. The fourth-order valence-electron chi connectivity index (χ4n) is 1.84. The van der Waals surface area contributed by atoms with Crippen LogP contribution in [0.2, 0.25) is 10.2 Å². The van der Waals surface area contributed by atoms with Crippen molar-refractivity contribution >= 4 is 51.5 Å². The number of nitrogens with zero attached hydrogens (tertiary/aromatic N) is 1. The van der Waals surface area contributed by atoms with Crippen molar-refractivity contribution in [3.8, 4) is 0 Å². The van der Waals surface area contributed by atoms with E-state index in [2.05, 4.69) is 44.8 Å². The second-order valence-electron chi connectivity index (χ2n) is 4.53. The van der Waals surface area contributed by atoms with Crippen molar-refractivity contribution < 1.29 is 0 Å². The van der Waals surface area contributed by atoms with Crippen molar-refractivity contribution in [2.45, 2.75) is 32.7 Å². The van der Waals surface area contributed by atoms with Gasteiger partial charge in [0.05, 0.1) is 22.9 Å². The highest BCUT2D eigenvalue weighted by atomic mass is 127. The standard InChI is InChI=1S/C14H16Cl2IN3/c1-2-3-4-13-19-12(14(16)20-13)8-18-11-6-5-9(17)7-10(11)15/h5-7,18H,2-4,8H2,1H3,(H,19,20). The number of aromatic nitrogens is 2. The van der Waals surface area contributed by atoms with E-state index in [1.807, 2.05) is 18.2 Å². The summed E-state index contributed by atoms with van der Waals surface area (Å²) < 4.78 is 1.11. The lowest BCUT2D eigenvalue weighted by Gasteiger charge is -2.07. The summed E-state index contributed by atoms with van der Waals surface area (Å²) in [7, 11) is 0. The number of unbranched alkanes of at least 4 members (excludes halogenated alkanes) is 1. The molecule has 0 spiro atoms. The molecule has 1 aromatic heterocycles. The Morgan fingerprint density at radius 1 is 1.35 bits per heavy atom. The number of rotatable bonds is 6. The Morgan fingerprint density at radius 3 is 2.85 bits per heavy atom. The minimum absolute atomic E-state index is 0.533. The molecule has 0 unspecified atom stereocenters. The van der Waals surface area contributed by atoms with Gasteiger partial charge in [0.25, 0.3) is 0 Å². The van der Waals surface area contributed by atoms with Crippen molar-refractivity contribution in [1.29, 1.82) is 0 Å². The van der Waals surface area contributed by atoms with Gasteiger partial charge in [-0.3, -0.25) is 0 Å². The number of benzene rings is 1. The molecule has 20 heavy (non-hydrogen) atoms. The fraction of sp³-hybridized carbons (Fsp3) is 0.357. The number of aryl methyl sites for hydroxylation is 1. The fourth-order valence-corrected chi connectivity index (χ4v) is 2.97. The predicted molar refractivity (Wildman–Crippen MR) is 93.7 cm³/mol. The Bertz CT molecular complexity index is 584. The number of imidazole rings is 1. The van der Waals surface area contributed by atoms with E-state index in [9.17, 15) is 0 Å². The smallest absolute Gasteiger partial charge is 0.152 e. The molecule has 6 heteroatoms. The third-order valence-corrected chi connectivity index (χ3v) is 4.23. The van der Waals surface area contributed by atoms with Gasteiger partial charge in [-0.1, -0.05) is 36.5 Å². The number of hydrogen-bond acceptors (Lipinski definition) is 2. The Labute approximate surface area is 142 Å². The second-order valence-corrected chi connectivity index (χ2v) is 6.54. The Hall–Kier alpha value is -0.460. The SMILES string of the molecule is CCCCc1nc(Cl)c(CNc2ccc(I)cc2Cl)[nH]1. The highest BCUT2D eigenvalue weighted by Gasteiger charge is 2.08. The van der Waals surface area contributed by atoms with Gasteiger partial charge in [0, 0.05) is 9.99 Å². The molecular formula is C14H16Cl2IN3. The van der Waals surface area contributed by atoms with E-state index in [-0.39, 0.29) is 0 Å². The summed E-state index contributed by atoms with van der Waals surface area (Å²) in [5.41, 5.74) is 1.79. The van der Waals surface area contributed by atoms with Crippen LogP contribution in [0, 0.1) is 3.57 Å². The normalized spacial score (nSPS) is 10.8. The summed E-state index contributed by atoms with van der Waals surface area (Å²) in [6, 6.07) is 5.90. The predicted octanol–water partition coefficient (Wildman–Crippen LogP) is 5.28. The maximum Gasteiger partial charge on any atom is 0.152 e. The van der Waals surface area contributed by atoms with Crippen molar-refractivity contribution in [3.05, 3.63) is 43.5 Å². The number of halogens is 3. The van der Waals surface area contributed by atoms with Crippen LogP contribution in [0.5, 0.6) is 0 Å². The first-order valence-corrected chi connectivity index (χ1v) is 8.35. The van der Waals surface area contributed by atoms with Crippen LogP contribution in [0.15, 0.2) is 18.2 Å². The average molecular weight is 424 g/mol. The van der Waals surface area contributed by atoms with Gasteiger partial charge in [-0.2, -0.15) is 0 Å². The summed E-state index contributed by atoms with van der Waals surface area (Å²) >= 11 is 14.6. The van der Waals surface area contributed by atoms with Crippen LogP contribution < -0.4 is 5.32 Å². The zero-order valence-electron chi connectivity index (χ0n) is 11.1. The van der Waals surface area contributed by atoms with Gasteiger partial charge in [-0.15, -0.1) is 0 Å². The first kappa shape index (κ1) is 15.9. The number of nitrogens with one attached hydrogen (secondary N) is 2. The molecule has 2 aromatic rings. The van der Waals surface area contributed by atoms with Gasteiger partial charge in [0.1, 0.15) is 5.82 Å². The summed E-state index contributed by atoms with van der Waals surface area (Å²) in [5, 5.41) is 4.52. The molecule has 1 heterocycles. The van der Waals surface area contributed by atoms with E-state index < -0.39 is 0 Å². The van der Waals surface area contributed by atoms with Crippen LogP contribution >= 0.6 is 45.8 Å². The second kappa shape index (κ2) is 7.52. The number of anilines is 1. The van der Waals surface area contributed by atoms with E-state index in [4.69, 9.17) is 23.2 Å². The first-order valence-electron chi connectivity index (χ1n) is 6.52. The topological polar surface area (TPSA) is 40.7 Å². The van der Waals surface area contributed by atoms with E-state index >= 15 is 0 Å². The molecule has 0 aliphatic carbocycles. The molecule has 0 amide bonds. The summed E-state index contributed by atoms with van der Waals surface area (Å²) in [5.74, 6) is 0.947. The number of hydrogen-bond donors (Lipinski definition) is 2. The van der Waals surface area contributed by atoms with E-state index in [1.54, 1.807) is 0 Å². The van der Waals surface area contributed by atoms with Gasteiger partial charge in [-0.25, -0.2) is 4.98 Å². The van der Waals surface area contributed by atoms with Crippen molar-refractivity contribution in [2.24, 2.45) is 0 Å². The monoisotopic (exact) mass is 423 g/mol. The third-order valence-electron chi connectivity index (χ3n) is 2.93. The molecule has 3 nitrogen and oxygen atoms in total. The minimum Gasteiger partial charge on any atom is -0.378 e. The van der Waals surface area contributed by atoms with Crippen LogP contribution in [0.4, 0.5) is 5.69 Å². The molecule has 0 fully saturated rings. The maximum absolute atomic E-state index is 6.18. The Balaban J connectivity index is 2.01. The molecule has 2 rings (SSSR count). The molecule has 0 aliphatic rings. The van der Waals surface area contributed by atoms with Gasteiger partial charge in [0.15, 0.2) is 5.15 Å². The quantitative estimate of drug-likeness (QED) is 0.621. The molecule has 1 aromatic carbocycles. The van der Waals surface area contributed by atoms with Crippen LogP contribution in [0.25, 0.3) is 0 Å².